The summed E-state index contributed by atoms with van der Waals surface area (Å²) in [6, 6.07) is 0. The molecule has 0 aromatic heterocycles. The zero-order valence-electron chi connectivity index (χ0n) is 112. The molecule has 20 bridgehead atoms. The predicted molar refractivity (Wildman–Crippen MR) is 572 cm³/mol. The van der Waals surface area contributed by atoms with E-state index >= 15 is 0 Å². The first-order valence-electron chi connectivity index (χ1n) is 67.6. The van der Waals surface area contributed by atoms with Crippen molar-refractivity contribution in [2.75, 3.05) is 0 Å². The standard InChI is InChI=1S/2C16H28.C16H30.C15H26.2C14H26.3C13H24/c1-15(2,3)4-5-16-9-12-6-13(10-16)8-14(7-12)11-16;1-16(2,3)5-4-15-13-7-11-6-12(9-13)10-14(15)8-11;1-14(2,3)9-7-13-11-12-8-10-16(13,6)15(12,4)5;1-15(2,3)9-14-12-5-10-4-11(7-12)8-13(14)6-10;2*1-14(2,3)8-7-11-9-12-5-4-6-13(12)10-11;1-12(2,3)8-9-13-6-4-11(10-13)5-7-13;1-13(2,3)7-6-12-9-10-4-5-11(12)8-10;1-13(2,3)9-8-12-10-4-5-11(12)7-6-10/h12-14H,4-11H2,1-3H3;11-15H,4-10H2,1-3H3;12-13H,7-11H2,1-6H3;10-14H,4-9H2,1-3H3;2*11-13H,4-10H2,1-3H3;11H,4-10H2,1-3H3;2*10-12H,4-9H2,1-3H3/i;;;4D2,5D2,6D2,7D2,8D2,9D2,10D,11D,12D,13D,14D;8D2;;;;. The van der Waals surface area contributed by atoms with Crippen LogP contribution in [-0.4, -0.2) is 0 Å². The first kappa shape index (κ1) is 83.5. The van der Waals surface area contributed by atoms with Gasteiger partial charge in [-0.2, -0.15) is 0 Å². The third kappa shape index (κ3) is 31.3. The average Bonchev–Trinajstić information content (AvgIpc) is 1.54. The van der Waals surface area contributed by atoms with Gasteiger partial charge in [0.1, 0.15) is 0 Å². The summed E-state index contributed by atoms with van der Waals surface area (Å²) in [6.45, 7) is 67.4. The van der Waals surface area contributed by atoms with E-state index in [2.05, 4.69) is 166 Å². The Kier molecular flexibility index (Phi) is 27.8. The van der Waals surface area contributed by atoms with Crippen molar-refractivity contribution in [1.82, 2.24) is 0 Å². The highest BCUT2D eigenvalue weighted by atomic mass is 14.7. The van der Waals surface area contributed by atoms with Crippen molar-refractivity contribution in [3.63, 3.8) is 0 Å². The van der Waals surface area contributed by atoms with Crippen LogP contribution in [0.5, 0.6) is 0 Å². The van der Waals surface area contributed by atoms with E-state index in [1.807, 2.05) is 20.8 Å². The first-order chi connectivity index (χ1) is 67.6. The van der Waals surface area contributed by atoms with Gasteiger partial charge < -0.3 is 0 Å². The molecule has 0 heteroatoms. The van der Waals surface area contributed by atoms with Gasteiger partial charge in [0, 0.05) is 26.0 Å². The molecular formula is C130H236. The molecule has 24 saturated carbocycles. The minimum atomic E-state index is -3.97. The third-order valence-electron chi connectivity index (χ3n) is 40.8. The molecule has 0 N–H and O–H groups in total. The van der Waals surface area contributed by atoms with Gasteiger partial charge in [-0.15, -0.1) is 0 Å². The summed E-state index contributed by atoms with van der Waals surface area (Å²) in [5.74, 6) is 5.36. The Morgan fingerprint density at radius 1 is 0.285 bits per heavy atom. The molecular weight excluding hydrogens is 1560 g/mol. The molecule has 24 rings (SSSR count). The topological polar surface area (TPSA) is 0 Å². The van der Waals surface area contributed by atoms with E-state index in [1.54, 1.807) is 180 Å². The fraction of sp³-hybridized carbons (Fsp3) is 1.00. The minimum Gasteiger partial charge on any atom is -0.0602 e. The summed E-state index contributed by atoms with van der Waals surface area (Å²) in [5, 5.41) is 0. The second-order valence-electron chi connectivity index (χ2n) is 62.9. The maximum atomic E-state index is 9.12. The van der Waals surface area contributed by atoms with E-state index in [1.165, 1.54) is 168 Å². The maximum absolute atomic E-state index is 9.12. The molecule has 24 aliphatic carbocycles. The van der Waals surface area contributed by atoms with Gasteiger partial charge in [0.25, 0.3) is 0 Å². The molecule has 0 aromatic rings. The van der Waals surface area contributed by atoms with Crippen molar-refractivity contribution >= 4 is 0 Å². The first-order valence-corrected chi connectivity index (χ1v) is 58.1. The van der Waals surface area contributed by atoms with E-state index in [0.29, 0.717) is 54.7 Å². The van der Waals surface area contributed by atoms with Gasteiger partial charge >= 0.3 is 0 Å². The van der Waals surface area contributed by atoms with Crippen molar-refractivity contribution in [1.29, 1.82) is 0 Å². The average molecular weight is 1820 g/mol. The number of rotatable bonds is 17. The summed E-state index contributed by atoms with van der Waals surface area (Å²) in [7, 11) is 0. The highest BCUT2D eigenvalue weighted by Gasteiger charge is 2.61. The van der Waals surface area contributed by atoms with Crippen molar-refractivity contribution < 1.29 is 26.0 Å². The lowest BCUT2D eigenvalue weighted by atomic mass is 9.48. The molecule has 0 nitrogen and oxygen atoms in total. The van der Waals surface area contributed by atoms with Crippen LogP contribution in [0.2, 0.25) is 0 Å². The third-order valence-corrected chi connectivity index (χ3v) is 40.8. The predicted octanol–water partition coefficient (Wildman–Crippen LogP) is 41.9. The van der Waals surface area contributed by atoms with Gasteiger partial charge in [0.15, 0.2) is 0 Å². The summed E-state index contributed by atoms with van der Waals surface area (Å²) in [5.41, 5.74) is 4.70. The molecule has 0 amide bonds. The molecule has 0 aliphatic heterocycles. The van der Waals surface area contributed by atoms with Crippen molar-refractivity contribution in [3.05, 3.63) is 0 Å². The van der Waals surface area contributed by atoms with Gasteiger partial charge in [0.05, 0.1) is 0 Å². The van der Waals surface area contributed by atoms with Crippen LogP contribution < -0.4 is 0 Å². The summed E-state index contributed by atoms with van der Waals surface area (Å²) in [6.07, 6.45) is 54.1. The van der Waals surface area contributed by atoms with Crippen LogP contribution in [0.15, 0.2) is 0 Å². The highest BCUT2D eigenvalue weighted by Crippen LogP contribution is 2.70. The van der Waals surface area contributed by atoms with Gasteiger partial charge in [-0.05, 0) is 570 Å². The Balaban J connectivity index is 0.000000142. The monoisotopic (exact) mass is 1820 g/mol. The zero-order chi connectivity index (χ0) is 112. The fourth-order valence-corrected chi connectivity index (χ4v) is 33.5. The van der Waals surface area contributed by atoms with E-state index in [0.717, 1.165) is 147 Å². The minimum absolute atomic E-state index is 0.218. The lowest BCUT2D eigenvalue weighted by molar-refractivity contribution is -0.0617. The molecule has 24 aliphatic rings. The highest BCUT2D eigenvalue weighted by molar-refractivity contribution is 5.11. The SMILES string of the molecule is CC(C)(C)CCC12CC3CC(CC(C3)C1)C2.CC(C)(C)CCC12CCC(CC1)C2.CC(C)(C)CCC1C2CC3CC(C2)CC1C3.CC(C)(C)CCC1C2CCC1CC2.CC(C)(C)CCC1CC2CCC1(C)C2(C)C.CC(C)(C)CCC1CC2CCC1C2.CC(C)(C)CCC1CC2CCCC2C1.[2H]C([2H])(CC1CC2CCCC2C1)C(C)(C)C.[2H]C1([2H])C2([2H])C([2H])([2H])C3([2H])C([2H])([2H])C1([2H])C([2H])([2H])C([2H])(C2([2H])[2H])C3([2H])C([2H])([2H])C(C)(C)C. The van der Waals surface area contributed by atoms with Crippen LogP contribution in [0.3, 0.4) is 0 Å². The van der Waals surface area contributed by atoms with Crippen LogP contribution in [0.25, 0.3) is 0 Å². The van der Waals surface area contributed by atoms with Crippen LogP contribution >= 0.6 is 0 Å². The van der Waals surface area contributed by atoms with Crippen LogP contribution in [0.4, 0.5) is 0 Å². The molecule has 0 radical (unpaired) electrons. The quantitative estimate of drug-likeness (QED) is 0.136. The van der Waals surface area contributed by atoms with Crippen molar-refractivity contribution in [2.24, 2.45) is 236 Å². The van der Waals surface area contributed by atoms with Gasteiger partial charge in [-0.3, -0.25) is 0 Å². The molecule has 0 saturated heterocycles. The van der Waals surface area contributed by atoms with E-state index < -0.39 is 79.5 Å². The maximum Gasteiger partial charge on any atom is 0.0309 e. The molecule has 0 aromatic carbocycles. The number of fused-ring (bicyclic) bond motifs is 10. The molecule has 0 heterocycles. The molecule has 10 unspecified atom stereocenters. The van der Waals surface area contributed by atoms with Crippen LogP contribution in [-0.2, 0) is 0 Å². The second kappa shape index (κ2) is 43.3. The lowest BCUT2D eigenvalue weighted by Gasteiger charge is -2.57. The zero-order valence-corrected chi connectivity index (χ0v) is 92.5. The van der Waals surface area contributed by atoms with Gasteiger partial charge in [-0.25, -0.2) is 0 Å². The Hall–Kier alpha value is 0. The molecule has 10 atom stereocenters. The normalized spacial score (nSPS) is 48.9. The Morgan fingerprint density at radius 3 is 1.03 bits per heavy atom. The number of hydrogen-bond acceptors (Lipinski definition) is 0. The molecule has 24 fully saturated rings. The largest absolute Gasteiger partial charge is 0.0602 e. The molecule has 756 valence electrons. The van der Waals surface area contributed by atoms with Crippen molar-refractivity contribution in [3.8, 4) is 0 Å². The molecule has 130 heavy (non-hydrogen) atoms. The summed E-state index contributed by atoms with van der Waals surface area (Å²) >= 11 is 0. The van der Waals surface area contributed by atoms with Crippen molar-refractivity contribution in [2.45, 2.75) is 586 Å². The Labute approximate surface area is 843 Å². The lowest BCUT2D eigenvalue weighted by Crippen LogP contribution is -2.46. The van der Waals surface area contributed by atoms with E-state index in [9.17, 15) is 0 Å². The fourth-order valence-electron chi connectivity index (χ4n) is 33.5. The number of hydrogen-bond donors (Lipinski definition) is 0. The second-order valence-corrected chi connectivity index (χ2v) is 62.9. The smallest absolute Gasteiger partial charge is 0.0309 e. The van der Waals surface area contributed by atoms with Gasteiger partial charge in [-0.1, -0.05) is 253 Å². The summed E-state index contributed by atoms with van der Waals surface area (Å²) < 4.78 is 163. The Morgan fingerprint density at radius 2 is 0.662 bits per heavy atom. The van der Waals surface area contributed by atoms with Gasteiger partial charge in [0.2, 0.25) is 0 Å². The Bertz CT molecular complexity index is 4130. The molecule has 0 spiro atoms. The van der Waals surface area contributed by atoms with Crippen LogP contribution in [0.1, 0.15) is 612 Å². The van der Waals surface area contributed by atoms with Crippen LogP contribution in [0, 0.1) is 236 Å². The summed E-state index contributed by atoms with van der Waals surface area (Å²) in [4.78, 5) is 0. The van der Waals surface area contributed by atoms with E-state index in [-0.39, 0.29) is 5.41 Å². The van der Waals surface area contributed by atoms with E-state index in [4.69, 9.17) is 26.0 Å².